The molecule has 0 spiro atoms. The van der Waals surface area contributed by atoms with Crippen molar-refractivity contribution in [1.82, 2.24) is 10.1 Å². The second kappa shape index (κ2) is 12.1. The van der Waals surface area contributed by atoms with E-state index in [0.717, 1.165) is 22.4 Å². The summed E-state index contributed by atoms with van der Waals surface area (Å²) in [5, 5.41) is 7.73. The van der Waals surface area contributed by atoms with E-state index in [1.165, 1.54) is 7.11 Å². The number of nitrogens with one attached hydrogen (secondary N) is 1. The van der Waals surface area contributed by atoms with Crippen LogP contribution < -0.4 is 5.32 Å². The standard InChI is InChI=1S/C30H31N3O4/c1-20(2)28(31-25-18-16-21(17-19-25)26(34)10-7-11-27(35)36-3)22-12-14-23(15-13-22)29-32-30(37-33-29)24-8-5-4-6-9-24/h4-6,8-9,12-20,28,31H,7,10-11H2,1-3H3. The van der Waals surface area contributed by atoms with Crippen molar-refractivity contribution in [2.45, 2.75) is 39.2 Å². The molecule has 7 nitrogen and oxygen atoms in total. The fraction of sp³-hybridized carbons (Fsp3) is 0.267. The van der Waals surface area contributed by atoms with Crippen LogP contribution in [-0.2, 0) is 9.53 Å². The van der Waals surface area contributed by atoms with Crippen molar-refractivity contribution in [2.75, 3.05) is 12.4 Å². The summed E-state index contributed by atoms with van der Waals surface area (Å²) in [4.78, 5) is 28.2. The third kappa shape index (κ3) is 6.70. The summed E-state index contributed by atoms with van der Waals surface area (Å²) in [6.45, 7) is 4.33. The summed E-state index contributed by atoms with van der Waals surface area (Å²) in [5.74, 6) is 1.08. The molecule has 37 heavy (non-hydrogen) atoms. The van der Waals surface area contributed by atoms with E-state index >= 15 is 0 Å². The molecule has 0 amide bonds. The number of benzene rings is 3. The summed E-state index contributed by atoms with van der Waals surface area (Å²) in [6.07, 6.45) is 1.04. The van der Waals surface area contributed by atoms with E-state index in [4.69, 9.17) is 4.52 Å². The van der Waals surface area contributed by atoms with Crippen LogP contribution in [0.5, 0.6) is 0 Å². The quantitative estimate of drug-likeness (QED) is 0.181. The highest BCUT2D eigenvalue weighted by atomic mass is 16.5. The van der Waals surface area contributed by atoms with Crippen molar-refractivity contribution in [3.63, 3.8) is 0 Å². The number of hydrogen-bond acceptors (Lipinski definition) is 7. The maximum absolute atomic E-state index is 12.4. The Morgan fingerprint density at radius 3 is 2.24 bits per heavy atom. The fourth-order valence-electron chi connectivity index (χ4n) is 4.08. The van der Waals surface area contributed by atoms with E-state index in [-0.39, 0.29) is 24.2 Å². The molecule has 190 valence electrons. The van der Waals surface area contributed by atoms with Crippen molar-refractivity contribution < 1.29 is 18.8 Å². The average Bonchev–Trinajstić information content (AvgIpc) is 3.43. The summed E-state index contributed by atoms with van der Waals surface area (Å²) in [6, 6.07) is 25.4. The number of aromatic nitrogens is 2. The number of ketones is 1. The van der Waals surface area contributed by atoms with Crippen molar-refractivity contribution in [2.24, 2.45) is 5.92 Å². The molecule has 0 saturated carbocycles. The van der Waals surface area contributed by atoms with E-state index < -0.39 is 0 Å². The first kappa shape index (κ1) is 25.8. The van der Waals surface area contributed by atoms with E-state index in [0.29, 0.717) is 36.0 Å². The molecular formula is C30H31N3O4. The fourth-order valence-corrected chi connectivity index (χ4v) is 4.08. The third-order valence-electron chi connectivity index (χ3n) is 6.18. The molecule has 7 heteroatoms. The predicted octanol–water partition coefficient (Wildman–Crippen LogP) is 6.74. The van der Waals surface area contributed by atoms with Crippen LogP contribution in [0.3, 0.4) is 0 Å². The van der Waals surface area contributed by atoms with Crippen LogP contribution in [0.2, 0.25) is 0 Å². The Balaban J connectivity index is 1.41. The Hall–Kier alpha value is -4.26. The second-order valence-corrected chi connectivity index (χ2v) is 9.21. The minimum Gasteiger partial charge on any atom is -0.469 e. The van der Waals surface area contributed by atoms with Gasteiger partial charge in [-0.15, -0.1) is 0 Å². The van der Waals surface area contributed by atoms with Crippen molar-refractivity contribution in [3.8, 4) is 22.8 Å². The number of anilines is 1. The van der Waals surface area contributed by atoms with E-state index in [9.17, 15) is 9.59 Å². The van der Waals surface area contributed by atoms with Gasteiger partial charge in [0.1, 0.15) is 0 Å². The zero-order chi connectivity index (χ0) is 26.2. The molecule has 0 aliphatic rings. The number of carbonyl (C=O) groups excluding carboxylic acids is 2. The summed E-state index contributed by atoms with van der Waals surface area (Å²) < 4.78 is 10.1. The second-order valence-electron chi connectivity index (χ2n) is 9.21. The smallest absolute Gasteiger partial charge is 0.305 e. The Morgan fingerprint density at radius 2 is 1.59 bits per heavy atom. The number of ether oxygens (including phenoxy) is 1. The van der Waals surface area contributed by atoms with Crippen LogP contribution in [0.4, 0.5) is 5.69 Å². The third-order valence-corrected chi connectivity index (χ3v) is 6.18. The number of methoxy groups -OCH3 is 1. The molecular weight excluding hydrogens is 466 g/mol. The molecule has 0 bridgehead atoms. The minimum atomic E-state index is -0.297. The van der Waals surface area contributed by atoms with Gasteiger partial charge in [-0.1, -0.05) is 61.5 Å². The SMILES string of the molecule is COC(=O)CCCC(=O)c1ccc(NC(c2ccc(-c3noc(-c4ccccc4)n3)cc2)C(C)C)cc1. The summed E-state index contributed by atoms with van der Waals surface area (Å²) in [5.41, 5.74) is 4.46. The van der Waals surface area contributed by atoms with Crippen molar-refractivity contribution >= 4 is 17.4 Å². The molecule has 1 atom stereocenters. The minimum absolute atomic E-state index is 0.0170. The highest BCUT2D eigenvalue weighted by Crippen LogP contribution is 2.29. The molecule has 0 aliphatic heterocycles. The van der Waals surface area contributed by atoms with Gasteiger partial charge >= 0.3 is 5.97 Å². The lowest BCUT2D eigenvalue weighted by atomic mass is 9.94. The molecule has 1 unspecified atom stereocenters. The molecule has 3 aromatic carbocycles. The van der Waals surface area contributed by atoms with Crippen LogP contribution in [0.15, 0.2) is 83.4 Å². The molecule has 0 fully saturated rings. The zero-order valence-corrected chi connectivity index (χ0v) is 21.3. The van der Waals surface area contributed by atoms with Crippen LogP contribution in [0.1, 0.15) is 55.1 Å². The van der Waals surface area contributed by atoms with Crippen LogP contribution >= 0.6 is 0 Å². The maximum Gasteiger partial charge on any atom is 0.305 e. The topological polar surface area (TPSA) is 94.3 Å². The number of hydrogen-bond donors (Lipinski definition) is 1. The predicted molar refractivity (Wildman–Crippen MR) is 143 cm³/mol. The molecule has 0 saturated heterocycles. The van der Waals surface area contributed by atoms with E-state index in [1.54, 1.807) is 0 Å². The van der Waals surface area contributed by atoms with Gasteiger partial charge < -0.3 is 14.6 Å². The number of esters is 1. The summed E-state index contributed by atoms with van der Waals surface area (Å²) in [7, 11) is 1.35. The lowest BCUT2D eigenvalue weighted by Crippen LogP contribution is -2.16. The first-order chi connectivity index (χ1) is 17.9. The lowest BCUT2D eigenvalue weighted by Gasteiger charge is -2.24. The van der Waals surface area contributed by atoms with Crippen molar-refractivity contribution in [1.29, 1.82) is 0 Å². The van der Waals surface area contributed by atoms with Gasteiger partial charge in [0.25, 0.3) is 5.89 Å². The molecule has 1 aromatic heterocycles. The maximum atomic E-state index is 12.4. The Labute approximate surface area is 216 Å². The molecule has 0 aliphatic carbocycles. The van der Waals surface area contributed by atoms with E-state index in [2.05, 4.69) is 46.2 Å². The van der Waals surface area contributed by atoms with Crippen molar-refractivity contribution in [3.05, 3.63) is 90.0 Å². The van der Waals surface area contributed by atoms with Gasteiger partial charge in [-0.3, -0.25) is 9.59 Å². The molecule has 1 heterocycles. The number of Topliss-reactive ketones (excluding diaryl/α,β-unsaturated/α-hetero) is 1. The van der Waals surface area contributed by atoms with Crippen LogP contribution in [-0.4, -0.2) is 29.0 Å². The van der Waals surface area contributed by atoms with Crippen LogP contribution in [0.25, 0.3) is 22.8 Å². The van der Waals surface area contributed by atoms with E-state index in [1.807, 2.05) is 66.7 Å². The Bertz CT molecular complexity index is 1310. The zero-order valence-electron chi connectivity index (χ0n) is 21.3. The van der Waals surface area contributed by atoms with Gasteiger partial charge in [-0.2, -0.15) is 4.98 Å². The number of nitrogens with zero attached hydrogens (tertiary/aromatic N) is 2. The first-order valence-corrected chi connectivity index (χ1v) is 12.4. The van der Waals surface area contributed by atoms with Gasteiger partial charge in [-0.25, -0.2) is 0 Å². The first-order valence-electron chi connectivity index (χ1n) is 12.4. The van der Waals surface area contributed by atoms with Gasteiger partial charge in [0.15, 0.2) is 5.78 Å². The molecule has 4 aromatic rings. The Kier molecular flexibility index (Phi) is 8.46. The van der Waals surface area contributed by atoms with Gasteiger partial charge in [0.05, 0.1) is 13.2 Å². The van der Waals surface area contributed by atoms with Crippen LogP contribution in [0, 0.1) is 5.92 Å². The highest BCUT2D eigenvalue weighted by molar-refractivity contribution is 5.96. The Morgan fingerprint density at radius 1 is 0.892 bits per heavy atom. The molecule has 0 radical (unpaired) electrons. The van der Waals surface area contributed by atoms with Gasteiger partial charge in [0, 0.05) is 35.2 Å². The summed E-state index contributed by atoms with van der Waals surface area (Å²) >= 11 is 0. The lowest BCUT2D eigenvalue weighted by molar-refractivity contribution is -0.140. The highest BCUT2D eigenvalue weighted by Gasteiger charge is 2.17. The number of carbonyl (C=O) groups is 2. The van der Waals surface area contributed by atoms with Gasteiger partial charge in [0.2, 0.25) is 5.82 Å². The molecule has 4 rings (SSSR count). The largest absolute Gasteiger partial charge is 0.469 e. The average molecular weight is 498 g/mol. The monoisotopic (exact) mass is 497 g/mol. The van der Waals surface area contributed by atoms with Gasteiger partial charge in [-0.05, 0) is 54.3 Å². The molecule has 1 N–H and O–H groups in total. The number of rotatable bonds is 11. The normalized spacial score (nSPS) is 11.8.